The number of carbonyl (C=O) groups excluding carboxylic acids is 1. The van der Waals surface area contributed by atoms with Gasteiger partial charge in [0, 0.05) is 5.56 Å². The minimum Gasteiger partial charge on any atom is -0.496 e. The molecule has 0 unspecified atom stereocenters. The predicted molar refractivity (Wildman–Crippen MR) is 66.2 cm³/mol. The molecule has 0 N–H and O–H groups in total. The van der Waals surface area contributed by atoms with Gasteiger partial charge in [0.1, 0.15) is 11.3 Å². The van der Waals surface area contributed by atoms with Gasteiger partial charge in [-0.2, -0.15) is 4.99 Å². The molecule has 1 fully saturated rings. The van der Waals surface area contributed by atoms with E-state index in [1.54, 1.807) is 13.2 Å². The first-order chi connectivity index (χ1) is 8.05. The quantitative estimate of drug-likeness (QED) is 0.592. The van der Waals surface area contributed by atoms with Gasteiger partial charge in [-0.1, -0.05) is 6.07 Å². The molecule has 90 valence electrons. The van der Waals surface area contributed by atoms with Crippen LogP contribution in [0.5, 0.6) is 5.75 Å². The van der Waals surface area contributed by atoms with Crippen LogP contribution in [0.3, 0.4) is 0 Å². The summed E-state index contributed by atoms with van der Waals surface area (Å²) in [6.45, 7) is 6.15. The Morgan fingerprint density at radius 2 is 1.94 bits per heavy atom. The summed E-state index contributed by atoms with van der Waals surface area (Å²) in [5.74, 6) is 0.874. The zero-order chi connectivity index (χ0) is 12.6. The van der Waals surface area contributed by atoms with Crippen molar-refractivity contribution in [3.63, 3.8) is 0 Å². The highest BCUT2D eigenvalue weighted by Crippen LogP contribution is 2.54. The van der Waals surface area contributed by atoms with Crippen molar-refractivity contribution >= 4 is 6.08 Å². The molecule has 0 amide bonds. The summed E-state index contributed by atoms with van der Waals surface area (Å²) in [7, 11) is 1.67. The Morgan fingerprint density at radius 1 is 1.29 bits per heavy atom. The monoisotopic (exact) mass is 231 g/mol. The number of aryl methyl sites for hydroxylation is 2. The molecule has 0 aliphatic heterocycles. The third-order valence-electron chi connectivity index (χ3n) is 3.64. The van der Waals surface area contributed by atoms with Crippen LogP contribution in [0.25, 0.3) is 0 Å². The maximum Gasteiger partial charge on any atom is 0.235 e. The Bertz CT molecular complexity index is 509. The topological polar surface area (TPSA) is 38.7 Å². The SMILES string of the molecule is COc1c(C)c(C)cc(C)c1C1(N=C=O)CC1. The Morgan fingerprint density at radius 3 is 2.41 bits per heavy atom. The Labute approximate surface area is 102 Å². The fraction of sp³-hybridized carbons (Fsp3) is 0.500. The maximum absolute atomic E-state index is 10.6. The Hall–Kier alpha value is -1.60. The fourth-order valence-corrected chi connectivity index (χ4v) is 2.51. The number of isocyanates is 1. The smallest absolute Gasteiger partial charge is 0.235 e. The zero-order valence-electron chi connectivity index (χ0n) is 10.8. The molecule has 1 saturated carbocycles. The van der Waals surface area contributed by atoms with Crippen molar-refractivity contribution in [2.45, 2.75) is 39.2 Å². The van der Waals surface area contributed by atoms with Gasteiger partial charge in [-0.05, 0) is 50.3 Å². The van der Waals surface area contributed by atoms with Crippen molar-refractivity contribution in [2.24, 2.45) is 4.99 Å². The molecule has 2 rings (SSSR count). The normalized spacial score (nSPS) is 16.2. The first kappa shape index (κ1) is 11.9. The van der Waals surface area contributed by atoms with Crippen LogP contribution >= 0.6 is 0 Å². The van der Waals surface area contributed by atoms with E-state index < -0.39 is 0 Å². The summed E-state index contributed by atoms with van der Waals surface area (Å²) >= 11 is 0. The van der Waals surface area contributed by atoms with E-state index in [0.717, 1.165) is 35.3 Å². The van der Waals surface area contributed by atoms with Crippen LogP contribution in [-0.2, 0) is 10.3 Å². The van der Waals surface area contributed by atoms with Crippen molar-refractivity contribution in [3.8, 4) is 5.75 Å². The summed E-state index contributed by atoms with van der Waals surface area (Å²) in [6, 6.07) is 2.13. The summed E-state index contributed by atoms with van der Waals surface area (Å²) in [5.41, 5.74) is 4.16. The van der Waals surface area contributed by atoms with E-state index in [4.69, 9.17) is 4.74 Å². The van der Waals surface area contributed by atoms with Crippen molar-refractivity contribution in [2.75, 3.05) is 7.11 Å². The van der Waals surface area contributed by atoms with E-state index in [9.17, 15) is 4.79 Å². The molecule has 1 aliphatic rings. The molecule has 0 bridgehead atoms. The van der Waals surface area contributed by atoms with Gasteiger partial charge < -0.3 is 4.74 Å². The van der Waals surface area contributed by atoms with Gasteiger partial charge in [-0.25, -0.2) is 4.79 Å². The predicted octanol–water partition coefficient (Wildman–Crippen LogP) is 2.95. The van der Waals surface area contributed by atoms with Gasteiger partial charge in [0.25, 0.3) is 0 Å². The van der Waals surface area contributed by atoms with Gasteiger partial charge >= 0.3 is 0 Å². The van der Waals surface area contributed by atoms with E-state index in [1.807, 2.05) is 13.8 Å². The highest BCUT2D eigenvalue weighted by molar-refractivity contribution is 5.56. The number of hydrogen-bond acceptors (Lipinski definition) is 3. The van der Waals surface area contributed by atoms with Gasteiger partial charge in [0.15, 0.2) is 0 Å². The molecule has 0 saturated heterocycles. The van der Waals surface area contributed by atoms with E-state index in [1.165, 1.54) is 5.56 Å². The van der Waals surface area contributed by atoms with Gasteiger partial charge in [0.2, 0.25) is 6.08 Å². The molecule has 3 heteroatoms. The fourth-order valence-electron chi connectivity index (χ4n) is 2.51. The second-order valence-electron chi connectivity index (χ2n) is 4.78. The summed E-state index contributed by atoms with van der Waals surface area (Å²) < 4.78 is 5.52. The molecule has 0 aromatic heterocycles. The molecular formula is C14H17NO2. The second kappa shape index (κ2) is 4.01. The molecule has 0 radical (unpaired) electrons. The van der Waals surface area contributed by atoms with Crippen molar-refractivity contribution in [1.29, 1.82) is 0 Å². The van der Waals surface area contributed by atoms with Gasteiger partial charge in [-0.3, -0.25) is 0 Å². The molecular weight excluding hydrogens is 214 g/mol. The lowest BCUT2D eigenvalue weighted by atomic mass is 9.93. The van der Waals surface area contributed by atoms with Crippen LogP contribution in [-0.4, -0.2) is 13.2 Å². The lowest BCUT2D eigenvalue weighted by Crippen LogP contribution is -2.09. The minimum absolute atomic E-state index is 0.365. The molecule has 1 aliphatic carbocycles. The van der Waals surface area contributed by atoms with Gasteiger partial charge in [0.05, 0.1) is 7.11 Å². The molecule has 0 spiro atoms. The van der Waals surface area contributed by atoms with Crippen LogP contribution < -0.4 is 4.74 Å². The first-order valence-corrected chi connectivity index (χ1v) is 5.80. The number of methoxy groups -OCH3 is 1. The molecule has 0 heterocycles. The Balaban J connectivity index is 2.69. The summed E-state index contributed by atoms with van der Waals surface area (Å²) in [4.78, 5) is 14.6. The third-order valence-corrected chi connectivity index (χ3v) is 3.64. The van der Waals surface area contributed by atoms with E-state index in [2.05, 4.69) is 18.0 Å². The lowest BCUT2D eigenvalue weighted by molar-refractivity contribution is 0.400. The van der Waals surface area contributed by atoms with Crippen molar-refractivity contribution in [3.05, 3.63) is 28.3 Å². The second-order valence-corrected chi connectivity index (χ2v) is 4.78. The number of nitrogens with zero attached hydrogens (tertiary/aromatic N) is 1. The molecule has 1 aromatic carbocycles. The lowest BCUT2D eigenvalue weighted by Gasteiger charge is -2.20. The van der Waals surface area contributed by atoms with Gasteiger partial charge in [-0.15, -0.1) is 0 Å². The molecule has 3 nitrogen and oxygen atoms in total. The number of hydrogen-bond donors (Lipinski definition) is 0. The third kappa shape index (κ3) is 1.77. The largest absolute Gasteiger partial charge is 0.496 e. The molecule has 0 atom stereocenters. The minimum atomic E-state index is -0.365. The standard InChI is InChI=1S/C14H17NO2/c1-9-7-10(2)12(13(17-4)11(9)3)14(5-6-14)15-8-16/h7H,5-6H2,1-4H3. The number of aliphatic imine (C=N–C) groups is 1. The van der Waals surface area contributed by atoms with E-state index >= 15 is 0 Å². The van der Waals surface area contributed by atoms with Crippen molar-refractivity contribution in [1.82, 2.24) is 0 Å². The van der Waals surface area contributed by atoms with E-state index in [0.29, 0.717) is 0 Å². The average Bonchev–Trinajstić information content (AvgIpc) is 3.04. The molecule has 1 aromatic rings. The maximum atomic E-state index is 10.6. The van der Waals surface area contributed by atoms with Crippen molar-refractivity contribution < 1.29 is 9.53 Å². The van der Waals surface area contributed by atoms with Crippen LogP contribution in [0.4, 0.5) is 0 Å². The zero-order valence-corrected chi connectivity index (χ0v) is 10.8. The van der Waals surface area contributed by atoms with Crippen LogP contribution in [0, 0.1) is 20.8 Å². The molecule has 17 heavy (non-hydrogen) atoms. The number of benzene rings is 1. The van der Waals surface area contributed by atoms with E-state index in [-0.39, 0.29) is 5.54 Å². The van der Waals surface area contributed by atoms with Crippen LogP contribution in [0.1, 0.15) is 35.1 Å². The Kier molecular flexibility index (Phi) is 2.80. The average molecular weight is 231 g/mol. The number of ether oxygens (including phenoxy) is 1. The van der Waals surface area contributed by atoms with Crippen LogP contribution in [0.15, 0.2) is 11.1 Å². The first-order valence-electron chi connectivity index (χ1n) is 5.80. The highest BCUT2D eigenvalue weighted by atomic mass is 16.5. The highest BCUT2D eigenvalue weighted by Gasteiger charge is 2.48. The summed E-state index contributed by atoms with van der Waals surface area (Å²) in [6.07, 6.45) is 3.51. The van der Waals surface area contributed by atoms with Crippen LogP contribution in [0.2, 0.25) is 0 Å². The summed E-state index contributed by atoms with van der Waals surface area (Å²) in [5, 5.41) is 0. The number of rotatable bonds is 3.